The molecule has 2 rings (SSSR count). The molecule has 1 aliphatic rings. The van der Waals surface area contributed by atoms with Crippen molar-refractivity contribution in [1.29, 1.82) is 0 Å². The summed E-state index contributed by atoms with van der Waals surface area (Å²) in [7, 11) is 0. The summed E-state index contributed by atoms with van der Waals surface area (Å²) in [5.41, 5.74) is 0.839. The van der Waals surface area contributed by atoms with Gasteiger partial charge in [0.1, 0.15) is 0 Å². The van der Waals surface area contributed by atoms with Gasteiger partial charge >= 0.3 is 0 Å². The molecule has 1 heterocycles. The van der Waals surface area contributed by atoms with Crippen molar-refractivity contribution in [1.82, 2.24) is 15.3 Å². The molecule has 4 heteroatoms. The highest BCUT2D eigenvalue weighted by atomic mass is 35.5. The Hall–Kier alpha value is -0.670. The van der Waals surface area contributed by atoms with Crippen LogP contribution < -0.4 is 5.32 Å². The lowest BCUT2D eigenvalue weighted by atomic mass is 10.4. The first-order chi connectivity index (χ1) is 5.86. The van der Waals surface area contributed by atoms with Crippen LogP contribution in [-0.4, -0.2) is 16.0 Å². The van der Waals surface area contributed by atoms with E-state index in [4.69, 9.17) is 11.6 Å². The molecule has 1 saturated carbocycles. The fourth-order valence-corrected chi connectivity index (χ4v) is 1.17. The zero-order chi connectivity index (χ0) is 8.39. The maximum Gasteiger partial charge on any atom is 0.151 e. The molecule has 0 atom stereocenters. The minimum absolute atomic E-state index is 0.505. The summed E-state index contributed by atoms with van der Waals surface area (Å²) in [6, 6.07) is 0.683. The van der Waals surface area contributed by atoms with Crippen molar-refractivity contribution in [3.8, 4) is 0 Å². The number of hydrogen-bond acceptors (Lipinski definition) is 3. The molecule has 1 N–H and O–H groups in total. The normalized spacial score (nSPS) is 16.4. The molecular formula is C8H10ClN3. The lowest BCUT2D eigenvalue weighted by Gasteiger charge is -2.02. The monoisotopic (exact) mass is 183 g/mol. The van der Waals surface area contributed by atoms with Gasteiger partial charge in [-0.2, -0.15) is 0 Å². The van der Waals surface area contributed by atoms with Gasteiger partial charge in [0, 0.05) is 25.0 Å². The molecule has 0 unspecified atom stereocenters. The largest absolute Gasteiger partial charge is 0.308 e. The SMILES string of the molecule is Clc1nccnc1CNC1CC1. The first kappa shape index (κ1) is 7.95. The molecule has 1 aromatic rings. The summed E-state index contributed by atoms with van der Waals surface area (Å²) in [4.78, 5) is 8.06. The van der Waals surface area contributed by atoms with Crippen molar-refractivity contribution in [2.24, 2.45) is 0 Å². The van der Waals surface area contributed by atoms with E-state index in [0.29, 0.717) is 11.2 Å². The fourth-order valence-electron chi connectivity index (χ4n) is 0.997. The molecule has 1 fully saturated rings. The van der Waals surface area contributed by atoms with E-state index in [1.165, 1.54) is 12.8 Å². The fraction of sp³-hybridized carbons (Fsp3) is 0.500. The van der Waals surface area contributed by atoms with E-state index < -0.39 is 0 Å². The maximum absolute atomic E-state index is 5.81. The first-order valence-electron chi connectivity index (χ1n) is 4.05. The highest BCUT2D eigenvalue weighted by Gasteiger charge is 2.20. The topological polar surface area (TPSA) is 37.8 Å². The lowest BCUT2D eigenvalue weighted by molar-refractivity contribution is 0.672. The van der Waals surface area contributed by atoms with Gasteiger partial charge in [-0.25, -0.2) is 4.98 Å². The molecule has 64 valence electrons. The minimum atomic E-state index is 0.505. The standard InChI is InChI=1S/C8H10ClN3/c9-8-7(10-3-4-11-8)5-12-6-1-2-6/h3-4,6,12H,1-2,5H2. The Morgan fingerprint density at radius 1 is 1.42 bits per heavy atom. The van der Waals surface area contributed by atoms with Gasteiger partial charge in [-0.15, -0.1) is 0 Å². The Bertz CT molecular complexity index is 273. The van der Waals surface area contributed by atoms with Gasteiger partial charge in [0.25, 0.3) is 0 Å². The molecule has 0 bridgehead atoms. The smallest absolute Gasteiger partial charge is 0.151 e. The zero-order valence-electron chi connectivity index (χ0n) is 6.63. The van der Waals surface area contributed by atoms with Crippen molar-refractivity contribution in [3.05, 3.63) is 23.2 Å². The average molecular weight is 184 g/mol. The second-order valence-electron chi connectivity index (χ2n) is 2.95. The Morgan fingerprint density at radius 2 is 2.17 bits per heavy atom. The van der Waals surface area contributed by atoms with E-state index in [-0.39, 0.29) is 0 Å². The molecule has 0 aromatic carbocycles. The quantitative estimate of drug-likeness (QED) is 0.770. The van der Waals surface area contributed by atoms with E-state index in [2.05, 4.69) is 15.3 Å². The molecule has 3 nitrogen and oxygen atoms in total. The molecule has 0 saturated heterocycles. The Balaban J connectivity index is 1.96. The molecule has 1 aliphatic carbocycles. The van der Waals surface area contributed by atoms with Crippen LogP contribution in [0.4, 0.5) is 0 Å². The van der Waals surface area contributed by atoms with Crippen LogP contribution in [0.25, 0.3) is 0 Å². The molecule has 0 aliphatic heterocycles. The average Bonchev–Trinajstić information content (AvgIpc) is 2.86. The number of nitrogens with zero attached hydrogens (tertiary/aromatic N) is 2. The third-order valence-corrected chi connectivity index (χ3v) is 2.17. The van der Waals surface area contributed by atoms with Gasteiger partial charge in [0.2, 0.25) is 0 Å². The van der Waals surface area contributed by atoms with Crippen LogP contribution in [0.3, 0.4) is 0 Å². The van der Waals surface area contributed by atoms with E-state index in [9.17, 15) is 0 Å². The van der Waals surface area contributed by atoms with E-state index in [0.717, 1.165) is 12.2 Å². The zero-order valence-corrected chi connectivity index (χ0v) is 7.38. The van der Waals surface area contributed by atoms with E-state index in [1.807, 2.05) is 0 Å². The van der Waals surface area contributed by atoms with Crippen LogP contribution >= 0.6 is 11.6 Å². The van der Waals surface area contributed by atoms with E-state index >= 15 is 0 Å². The van der Waals surface area contributed by atoms with Crippen LogP contribution in [0.1, 0.15) is 18.5 Å². The number of hydrogen-bond donors (Lipinski definition) is 1. The number of nitrogens with one attached hydrogen (secondary N) is 1. The Morgan fingerprint density at radius 3 is 2.83 bits per heavy atom. The maximum atomic E-state index is 5.81. The van der Waals surface area contributed by atoms with E-state index in [1.54, 1.807) is 12.4 Å². The van der Waals surface area contributed by atoms with Crippen molar-refractivity contribution in [2.75, 3.05) is 0 Å². The van der Waals surface area contributed by atoms with Gasteiger partial charge in [0.05, 0.1) is 5.69 Å². The molecular weight excluding hydrogens is 174 g/mol. The minimum Gasteiger partial charge on any atom is -0.308 e. The Labute approximate surface area is 76.2 Å². The van der Waals surface area contributed by atoms with Crippen LogP contribution in [0.15, 0.2) is 12.4 Å². The van der Waals surface area contributed by atoms with Gasteiger partial charge in [-0.05, 0) is 12.8 Å². The summed E-state index contributed by atoms with van der Waals surface area (Å²) in [6.45, 7) is 0.733. The third kappa shape index (κ3) is 1.93. The summed E-state index contributed by atoms with van der Waals surface area (Å²) < 4.78 is 0. The van der Waals surface area contributed by atoms with Gasteiger partial charge in [0.15, 0.2) is 5.15 Å². The summed E-state index contributed by atoms with van der Waals surface area (Å²) in [5.74, 6) is 0. The number of aromatic nitrogens is 2. The molecule has 0 spiro atoms. The van der Waals surface area contributed by atoms with Gasteiger partial charge in [-0.3, -0.25) is 4.98 Å². The van der Waals surface area contributed by atoms with Crippen LogP contribution in [-0.2, 0) is 6.54 Å². The van der Waals surface area contributed by atoms with Gasteiger partial charge < -0.3 is 5.32 Å². The first-order valence-corrected chi connectivity index (χ1v) is 4.43. The third-order valence-electron chi connectivity index (χ3n) is 1.86. The molecule has 1 aromatic heterocycles. The predicted molar refractivity (Wildman–Crippen MR) is 46.9 cm³/mol. The van der Waals surface area contributed by atoms with Crippen molar-refractivity contribution in [3.63, 3.8) is 0 Å². The van der Waals surface area contributed by atoms with Crippen molar-refractivity contribution < 1.29 is 0 Å². The second-order valence-corrected chi connectivity index (χ2v) is 3.31. The lowest BCUT2D eigenvalue weighted by Crippen LogP contribution is -2.16. The second kappa shape index (κ2) is 3.37. The number of rotatable bonds is 3. The van der Waals surface area contributed by atoms with Crippen molar-refractivity contribution in [2.45, 2.75) is 25.4 Å². The summed E-state index contributed by atoms with van der Waals surface area (Å²) in [5, 5.41) is 3.83. The summed E-state index contributed by atoms with van der Waals surface area (Å²) >= 11 is 5.81. The highest BCUT2D eigenvalue weighted by molar-refractivity contribution is 6.29. The van der Waals surface area contributed by atoms with Crippen LogP contribution in [0, 0.1) is 0 Å². The highest BCUT2D eigenvalue weighted by Crippen LogP contribution is 2.19. The van der Waals surface area contributed by atoms with Crippen molar-refractivity contribution >= 4 is 11.6 Å². The molecule has 12 heavy (non-hydrogen) atoms. The number of halogens is 1. The van der Waals surface area contributed by atoms with Crippen LogP contribution in [0.5, 0.6) is 0 Å². The van der Waals surface area contributed by atoms with Crippen LogP contribution in [0.2, 0.25) is 5.15 Å². The molecule has 0 radical (unpaired) electrons. The van der Waals surface area contributed by atoms with Gasteiger partial charge in [-0.1, -0.05) is 11.6 Å². The Kier molecular flexibility index (Phi) is 2.23. The summed E-state index contributed by atoms with van der Waals surface area (Å²) in [6.07, 6.45) is 5.81. The molecule has 0 amide bonds. The predicted octanol–water partition coefficient (Wildman–Crippen LogP) is 1.38.